The zero-order valence-electron chi connectivity index (χ0n) is 11.4. The van der Waals surface area contributed by atoms with Crippen molar-refractivity contribution in [3.05, 3.63) is 24.0 Å². The van der Waals surface area contributed by atoms with E-state index in [0.29, 0.717) is 5.92 Å². The average Bonchev–Trinajstić information content (AvgIpc) is 2.92. The zero-order chi connectivity index (χ0) is 14.8. The summed E-state index contributed by atoms with van der Waals surface area (Å²) in [4.78, 5) is 4.00. The molecule has 1 aliphatic carbocycles. The van der Waals surface area contributed by atoms with Crippen LogP contribution in [0.25, 0.3) is 0 Å². The fraction of sp³-hybridized carbons (Fsp3) is 0.538. The molecule has 110 valence electrons. The van der Waals surface area contributed by atoms with E-state index in [1.165, 1.54) is 25.1 Å². The number of hydrogen-bond donors (Lipinski definition) is 2. The maximum absolute atomic E-state index is 12.5. The van der Waals surface area contributed by atoms with Crippen molar-refractivity contribution in [2.24, 2.45) is 11.7 Å². The molecule has 1 aromatic rings. The number of pyridine rings is 1. The average molecular weight is 313 g/mol. The molecule has 0 aromatic carbocycles. The first-order chi connectivity index (χ1) is 9.42. The molecule has 1 saturated carbocycles. The van der Waals surface area contributed by atoms with Crippen LogP contribution in [0.3, 0.4) is 0 Å². The van der Waals surface area contributed by atoms with Crippen LogP contribution in [0.5, 0.6) is 0 Å². The number of hydrogen-bond acceptors (Lipinski definition) is 4. The Bertz CT molecular complexity index is 595. The standard InChI is InChI=1S/C13H19N3O2S2/c1-9(10-5-2-3-6-10)16-20(17,18)11-7-4-8-15-12(11)13(14)19/h4,7-10,16H,2-3,5-6H2,1H3,(H2,14,19). The van der Waals surface area contributed by atoms with Crippen LogP contribution in [-0.2, 0) is 10.0 Å². The highest BCUT2D eigenvalue weighted by atomic mass is 32.2. The minimum Gasteiger partial charge on any atom is -0.388 e. The first-order valence-corrected chi connectivity index (χ1v) is 8.58. The first kappa shape index (κ1) is 15.3. The summed E-state index contributed by atoms with van der Waals surface area (Å²) in [5.41, 5.74) is 5.69. The van der Waals surface area contributed by atoms with E-state index in [1.54, 1.807) is 6.07 Å². The van der Waals surface area contributed by atoms with Gasteiger partial charge in [-0.25, -0.2) is 13.1 Å². The summed E-state index contributed by atoms with van der Waals surface area (Å²) in [5, 5.41) is 0. The second-order valence-corrected chi connectivity index (χ2v) is 7.29. The quantitative estimate of drug-likeness (QED) is 0.806. The zero-order valence-corrected chi connectivity index (χ0v) is 13.0. The van der Waals surface area contributed by atoms with Crippen LogP contribution in [0, 0.1) is 5.92 Å². The monoisotopic (exact) mass is 313 g/mol. The third kappa shape index (κ3) is 3.34. The molecule has 20 heavy (non-hydrogen) atoms. The summed E-state index contributed by atoms with van der Waals surface area (Å²) in [6, 6.07) is 2.95. The molecule has 0 bridgehead atoms. The number of nitrogens with zero attached hydrogens (tertiary/aromatic N) is 1. The third-order valence-electron chi connectivity index (χ3n) is 3.74. The van der Waals surface area contributed by atoms with Crippen LogP contribution in [0.4, 0.5) is 0 Å². The Kier molecular flexibility index (Phi) is 4.72. The van der Waals surface area contributed by atoms with Gasteiger partial charge in [0, 0.05) is 12.2 Å². The fourth-order valence-corrected chi connectivity index (χ4v) is 4.37. The van der Waals surface area contributed by atoms with E-state index in [1.807, 2.05) is 6.92 Å². The highest BCUT2D eigenvalue weighted by molar-refractivity contribution is 7.89. The number of sulfonamides is 1. The minimum atomic E-state index is -3.65. The molecule has 7 heteroatoms. The van der Waals surface area contributed by atoms with Crippen LogP contribution in [0.15, 0.2) is 23.2 Å². The number of rotatable bonds is 5. The lowest BCUT2D eigenvalue weighted by molar-refractivity contribution is 0.424. The SMILES string of the molecule is CC(NS(=O)(=O)c1cccnc1C(N)=S)C1CCCC1. The molecule has 5 nitrogen and oxygen atoms in total. The highest BCUT2D eigenvalue weighted by Crippen LogP contribution is 2.28. The van der Waals surface area contributed by atoms with Gasteiger partial charge in [-0.1, -0.05) is 25.1 Å². The summed E-state index contributed by atoms with van der Waals surface area (Å²) < 4.78 is 27.6. The van der Waals surface area contributed by atoms with Crippen LogP contribution in [0.2, 0.25) is 0 Å². The Morgan fingerprint density at radius 2 is 2.15 bits per heavy atom. The Balaban J connectivity index is 2.24. The molecule has 3 N–H and O–H groups in total. The summed E-state index contributed by atoms with van der Waals surface area (Å²) in [7, 11) is -3.65. The number of aromatic nitrogens is 1. The summed E-state index contributed by atoms with van der Waals surface area (Å²) >= 11 is 4.86. The third-order valence-corrected chi connectivity index (χ3v) is 5.53. The van der Waals surface area contributed by atoms with Crippen molar-refractivity contribution in [2.75, 3.05) is 0 Å². The lowest BCUT2D eigenvalue weighted by Crippen LogP contribution is -2.38. The van der Waals surface area contributed by atoms with Crippen molar-refractivity contribution >= 4 is 27.2 Å². The van der Waals surface area contributed by atoms with E-state index < -0.39 is 10.0 Å². The van der Waals surface area contributed by atoms with Crippen molar-refractivity contribution in [2.45, 2.75) is 43.5 Å². The van der Waals surface area contributed by atoms with E-state index in [4.69, 9.17) is 18.0 Å². The van der Waals surface area contributed by atoms with Crippen molar-refractivity contribution < 1.29 is 8.42 Å². The Labute approximate surface area is 125 Å². The van der Waals surface area contributed by atoms with Gasteiger partial charge in [0.05, 0.1) is 0 Å². The molecule has 0 aliphatic heterocycles. The Hall–Kier alpha value is -1.05. The van der Waals surface area contributed by atoms with E-state index in [2.05, 4.69) is 9.71 Å². The van der Waals surface area contributed by atoms with Gasteiger partial charge in [0.2, 0.25) is 10.0 Å². The van der Waals surface area contributed by atoms with Crippen molar-refractivity contribution in [3.8, 4) is 0 Å². The molecule has 1 heterocycles. The molecule has 0 spiro atoms. The normalized spacial score (nSPS) is 18.1. The molecule has 1 atom stereocenters. The van der Waals surface area contributed by atoms with Gasteiger partial charge in [-0.05, 0) is 37.8 Å². The molecule has 1 unspecified atom stereocenters. The lowest BCUT2D eigenvalue weighted by Gasteiger charge is -2.20. The van der Waals surface area contributed by atoms with Crippen molar-refractivity contribution in [3.63, 3.8) is 0 Å². The van der Waals surface area contributed by atoms with Gasteiger partial charge in [0.25, 0.3) is 0 Å². The molecule has 1 aliphatic rings. The van der Waals surface area contributed by atoms with Crippen LogP contribution >= 0.6 is 12.2 Å². The molecule has 2 rings (SSSR count). The second-order valence-electron chi connectivity index (χ2n) is 5.17. The predicted molar refractivity (Wildman–Crippen MR) is 81.9 cm³/mol. The van der Waals surface area contributed by atoms with Gasteiger partial charge < -0.3 is 5.73 Å². The van der Waals surface area contributed by atoms with E-state index >= 15 is 0 Å². The summed E-state index contributed by atoms with van der Waals surface area (Å²) in [6.07, 6.45) is 5.95. The molecular weight excluding hydrogens is 294 g/mol. The van der Waals surface area contributed by atoms with Gasteiger partial charge in [-0.3, -0.25) is 4.98 Å². The van der Waals surface area contributed by atoms with Gasteiger partial charge in [0.15, 0.2) is 0 Å². The van der Waals surface area contributed by atoms with Crippen molar-refractivity contribution in [1.82, 2.24) is 9.71 Å². The maximum Gasteiger partial charge on any atom is 0.243 e. The largest absolute Gasteiger partial charge is 0.388 e. The minimum absolute atomic E-state index is 0.0144. The Morgan fingerprint density at radius 1 is 1.50 bits per heavy atom. The molecule has 1 fully saturated rings. The van der Waals surface area contributed by atoms with Crippen LogP contribution < -0.4 is 10.5 Å². The summed E-state index contributed by atoms with van der Waals surface area (Å²) in [5.74, 6) is 0.398. The van der Waals surface area contributed by atoms with Gasteiger partial charge in [0.1, 0.15) is 15.6 Å². The Morgan fingerprint density at radius 3 is 2.75 bits per heavy atom. The molecule has 1 aromatic heterocycles. The molecular formula is C13H19N3O2S2. The number of nitrogens with two attached hydrogens (primary N) is 1. The number of thiocarbonyl (C=S) groups is 1. The highest BCUT2D eigenvalue weighted by Gasteiger charge is 2.28. The van der Waals surface area contributed by atoms with Gasteiger partial charge in [-0.2, -0.15) is 0 Å². The second kappa shape index (κ2) is 6.15. The molecule has 0 amide bonds. The fourth-order valence-electron chi connectivity index (χ4n) is 2.65. The lowest BCUT2D eigenvalue weighted by atomic mass is 10.0. The molecule has 0 radical (unpaired) electrons. The summed E-state index contributed by atoms with van der Waals surface area (Å²) in [6.45, 7) is 1.91. The topological polar surface area (TPSA) is 85.1 Å². The maximum atomic E-state index is 12.5. The predicted octanol–water partition coefficient (Wildman–Crippen LogP) is 1.57. The van der Waals surface area contributed by atoms with Gasteiger partial charge in [-0.15, -0.1) is 0 Å². The van der Waals surface area contributed by atoms with E-state index in [9.17, 15) is 8.42 Å². The molecule has 0 saturated heterocycles. The first-order valence-electron chi connectivity index (χ1n) is 6.69. The van der Waals surface area contributed by atoms with Gasteiger partial charge >= 0.3 is 0 Å². The van der Waals surface area contributed by atoms with Crippen molar-refractivity contribution in [1.29, 1.82) is 0 Å². The van der Waals surface area contributed by atoms with Crippen LogP contribution in [0.1, 0.15) is 38.3 Å². The van der Waals surface area contributed by atoms with Crippen LogP contribution in [-0.4, -0.2) is 24.4 Å². The van der Waals surface area contributed by atoms with E-state index in [0.717, 1.165) is 12.8 Å². The van der Waals surface area contributed by atoms with E-state index in [-0.39, 0.29) is 21.6 Å². The number of nitrogens with one attached hydrogen (secondary N) is 1. The smallest absolute Gasteiger partial charge is 0.243 e.